The largest absolute Gasteiger partial charge is 0.397 e. The molecule has 3 N–H and O–H groups in total. The fourth-order valence-corrected chi connectivity index (χ4v) is 1.93. The number of halogens is 1. The minimum Gasteiger partial charge on any atom is -0.397 e. The molecule has 2 rings (SSSR count). The molecule has 4 heteroatoms. The molecule has 0 radical (unpaired) electrons. The lowest BCUT2D eigenvalue weighted by molar-refractivity contribution is 0.107. The molecule has 0 bridgehead atoms. The van der Waals surface area contributed by atoms with E-state index in [0.717, 1.165) is 38.1 Å². The van der Waals surface area contributed by atoms with Gasteiger partial charge in [-0.3, -0.25) is 0 Å². The summed E-state index contributed by atoms with van der Waals surface area (Å²) in [4.78, 5) is 0. The molecule has 0 aliphatic carbocycles. The van der Waals surface area contributed by atoms with Gasteiger partial charge in [-0.2, -0.15) is 0 Å². The van der Waals surface area contributed by atoms with Crippen molar-refractivity contribution in [3.05, 3.63) is 24.0 Å². The van der Waals surface area contributed by atoms with E-state index in [4.69, 9.17) is 10.5 Å². The maximum absolute atomic E-state index is 12.8. The monoisotopic (exact) mass is 224 g/mol. The average molecular weight is 224 g/mol. The van der Waals surface area contributed by atoms with Gasteiger partial charge in [-0.05, 0) is 37.5 Å². The number of nitrogen functional groups attached to an aromatic ring is 1. The third-order valence-corrected chi connectivity index (χ3v) is 2.82. The molecule has 1 aromatic rings. The fourth-order valence-electron chi connectivity index (χ4n) is 1.93. The lowest BCUT2D eigenvalue weighted by Crippen LogP contribution is -2.13. The van der Waals surface area contributed by atoms with Gasteiger partial charge in [-0.15, -0.1) is 0 Å². The summed E-state index contributed by atoms with van der Waals surface area (Å²) in [6, 6.07) is 4.40. The van der Waals surface area contributed by atoms with Gasteiger partial charge in [0, 0.05) is 13.2 Å². The van der Waals surface area contributed by atoms with Crippen molar-refractivity contribution in [2.45, 2.75) is 25.4 Å². The number of anilines is 2. The summed E-state index contributed by atoms with van der Waals surface area (Å²) < 4.78 is 18.3. The Balaban J connectivity index is 1.80. The van der Waals surface area contributed by atoms with Crippen LogP contribution >= 0.6 is 0 Å². The Morgan fingerprint density at radius 2 is 2.38 bits per heavy atom. The van der Waals surface area contributed by atoms with Crippen LogP contribution in [0.4, 0.5) is 15.8 Å². The minimum atomic E-state index is -0.304. The number of ether oxygens (including phenoxy) is 1. The molecule has 1 unspecified atom stereocenters. The molecule has 1 fully saturated rings. The van der Waals surface area contributed by atoms with Crippen molar-refractivity contribution in [1.29, 1.82) is 0 Å². The van der Waals surface area contributed by atoms with E-state index in [1.54, 1.807) is 6.07 Å². The summed E-state index contributed by atoms with van der Waals surface area (Å²) in [5.74, 6) is -0.304. The summed E-state index contributed by atoms with van der Waals surface area (Å²) >= 11 is 0. The Kier molecular flexibility index (Phi) is 3.62. The zero-order valence-corrected chi connectivity index (χ0v) is 9.21. The van der Waals surface area contributed by atoms with Gasteiger partial charge < -0.3 is 15.8 Å². The van der Waals surface area contributed by atoms with Crippen LogP contribution < -0.4 is 11.1 Å². The van der Waals surface area contributed by atoms with E-state index in [1.807, 2.05) is 0 Å². The van der Waals surface area contributed by atoms with Crippen LogP contribution in [0, 0.1) is 5.82 Å². The Bertz CT molecular complexity index is 351. The second-order valence-corrected chi connectivity index (χ2v) is 4.08. The molecule has 1 aromatic carbocycles. The van der Waals surface area contributed by atoms with Crippen LogP contribution in [-0.4, -0.2) is 19.3 Å². The first-order valence-corrected chi connectivity index (χ1v) is 5.66. The fraction of sp³-hybridized carbons (Fsp3) is 0.500. The Morgan fingerprint density at radius 1 is 1.50 bits per heavy atom. The second-order valence-electron chi connectivity index (χ2n) is 4.08. The van der Waals surface area contributed by atoms with Gasteiger partial charge in [0.05, 0.1) is 17.5 Å². The van der Waals surface area contributed by atoms with E-state index < -0.39 is 0 Å². The lowest BCUT2D eigenvalue weighted by atomic mass is 10.2. The van der Waals surface area contributed by atoms with Gasteiger partial charge in [0.25, 0.3) is 0 Å². The SMILES string of the molecule is Nc1cc(F)ccc1NCCC1CCCO1. The van der Waals surface area contributed by atoms with Gasteiger partial charge >= 0.3 is 0 Å². The number of nitrogens with two attached hydrogens (primary N) is 1. The van der Waals surface area contributed by atoms with E-state index in [0.29, 0.717) is 11.8 Å². The minimum absolute atomic E-state index is 0.304. The molecule has 0 amide bonds. The van der Waals surface area contributed by atoms with Crippen LogP contribution in [0.1, 0.15) is 19.3 Å². The standard InChI is InChI=1S/C12H17FN2O/c13-9-3-4-12(11(14)8-9)15-6-5-10-2-1-7-16-10/h3-4,8,10,15H,1-2,5-7,14H2. The third kappa shape index (κ3) is 2.85. The number of hydrogen-bond acceptors (Lipinski definition) is 3. The van der Waals surface area contributed by atoms with E-state index in [2.05, 4.69) is 5.32 Å². The summed E-state index contributed by atoms with van der Waals surface area (Å²) in [6.07, 6.45) is 3.63. The number of benzene rings is 1. The summed E-state index contributed by atoms with van der Waals surface area (Å²) in [6.45, 7) is 1.68. The summed E-state index contributed by atoms with van der Waals surface area (Å²) in [7, 11) is 0. The van der Waals surface area contributed by atoms with E-state index in [-0.39, 0.29) is 5.82 Å². The molecule has 1 saturated heterocycles. The first-order chi connectivity index (χ1) is 7.75. The quantitative estimate of drug-likeness (QED) is 0.772. The highest BCUT2D eigenvalue weighted by atomic mass is 19.1. The third-order valence-electron chi connectivity index (χ3n) is 2.82. The summed E-state index contributed by atoms with van der Waals surface area (Å²) in [5, 5.41) is 3.20. The van der Waals surface area contributed by atoms with Gasteiger partial charge in [-0.25, -0.2) is 4.39 Å². The normalized spacial score (nSPS) is 19.9. The molecule has 0 spiro atoms. The predicted octanol–water partition coefficient (Wildman–Crippen LogP) is 2.39. The number of hydrogen-bond donors (Lipinski definition) is 2. The Morgan fingerprint density at radius 3 is 3.06 bits per heavy atom. The highest BCUT2D eigenvalue weighted by molar-refractivity contribution is 5.65. The Labute approximate surface area is 94.8 Å². The Hall–Kier alpha value is -1.29. The van der Waals surface area contributed by atoms with Crippen LogP contribution in [0.25, 0.3) is 0 Å². The first-order valence-electron chi connectivity index (χ1n) is 5.66. The van der Waals surface area contributed by atoms with Crippen LogP contribution in [0.15, 0.2) is 18.2 Å². The van der Waals surface area contributed by atoms with Crippen molar-refractivity contribution in [3.63, 3.8) is 0 Å². The van der Waals surface area contributed by atoms with Crippen molar-refractivity contribution in [3.8, 4) is 0 Å². The molecular formula is C12H17FN2O. The highest BCUT2D eigenvalue weighted by Crippen LogP contribution is 2.20. The van der Waals surface area contributed by atoms with Crippen molar-refractivity contribution in [2.24, 2.45) is 0 Å². The molecule has 0 aromatic heterocycles. The smallest absolute Gasteiger partial charge is 0.125 e. The van der Waals surface area contributed by atoms with Gasteiger partial charge in [-0.1, -0.05) is 0 Å². The van der Waals surface area contributed by atoms with Crippen LogP contribution in [0.2, 0.25) is 0 Å². The van der Waals surface area contributed by atoms with Crippen molar-refractivity contribution in [2.75, 3.05) is 24.2 Å². The van der Waals surface area contributed by atoms with Crippen molar-refractivity contribution >= 4 is 11.4 Å². The maximum Gasteiger partial charge on any atom is 0.125 e. The number of rotatable bonds is 4. The van der Waals surface area contributed by atoms with Gasteiger partial charge in [0.1, 0.15) is 5.82 Å². The zero-order chi connectivity index (χ0) is 11.4. The molecule has 1 heterocycles. The van der Waals surface area contributed by atoms with Crippen LogP contribution in [-0.2, 0) is 4.74 Å². The molecule has 16 heavy (non-hydrogen) atoms. The van der Waals surface area contributed by atoms with Crippen LogP contribution in [0.3, 0.4) is 0 Å². The predicted molar refractivity (Wildman–Crippen MR) is 62.9 cm³/mol. The molecule has 88 valence electrons. The first kappa shape index (κ1) is 11.2. The lowest BCUT2D eigenvalue weighted by Gasteiger charge is -2.12. The van der Waals surface area contributed by atoms with Crippen molar-refractivity contribution in [1.82, 2.24) is 0 Å². The molecule has 1 aliphatic rings. The zero-order valence-electron chi connectivity index (χ0n) is 9.21. The molecule has 1 atom stereocenters. The average Bonchev–Trinajstić information content (AvgIpc) is 2.74. The molecule has 1 aliphatic heterocycles. The second kappa shape index (κ2) is 5.16. The van der Waals surface area contributed by atoms with E-state index in [9.17, 15) is 4.39 Å². The highest BCUT2D eigenvalue weighted by Gasteiger charge is 2.14. The van der Waals surface area contributed by atoms with Gasteiger partial charge in [0.2, 0.25) is 0 Å². The van der Waals surface area contributed by atoms with Gasteiger partial charge in [0.15, 0.2) is 0 Å². The van der Waals surface area contributed by atoms with Crippen molar-refractivity contribution < 1.29 is 9.13 Å². The maximum atomic E-state index is 12.8. The number of nitrogens with one attached hydrogen (secondary N) is 1. The molecule has 3 nitrogen and oxygen atoms in total. The molecular weight excluding hydrogens is 207 g/mol. The summed E-state index contributed by atoms with van der Waals surface area (Å²) in [5.41, 5.74) is 6.92. The molecule has 0 saturated carbocycles. The van der Waals surface area contributed by atoms with E-state index >= 15 is 0 Å². The topological polar surface area (TPSA) is 47.3 Å². The van der Waals surface area contributed by atoms with E-state index in [1.165, 1.54) is 12.1 Å². The van der Waals surface area contributed by atoms with Crippen LogP contribution in [0.5, 0.6) is 0 Å².